The number of rotatable bonds is 5. The molecule has 1 aliphatic rings. The van der Waals surface area contributed by atoms with Gasteiger partial charge in [0.1, 0.15) is 5.58 Å². The number of carbonyl (C=O) groups is 2. The van der Waals surface area contributed by atoms with E-state index >= 15 is 0 Å². The molecule has 160 valence electrons. The summed E-state index contributed by atoms with van der Waals surface area (Å²) in [5.41, 5.74) is 10.0. The van der Waals surface area contributed by atoms with Gasteiger partial charge in [0, 0.05) is 51.1 Å². The van der Waals surface area contributed by atoms with Crippen molar-refractivity contribution in [2.45, 2.75) is 20.4 Å². The molecule has 1 amide bonds. The first-order chi connectivity index (χ1) is 14.9. The molecule has 1 saturated heterocycles. The molecule has 2 N–H and O–H groups in total. The van der Waals surface area contributed by atoms with Crippen molar-refractivity contribution in [3.8, 4) is 0 Å². The zero-order chi connectivity index (χ0) is 22.0. The maximum absolute atomic E-state index is 12.8. The first-order valence-corrected chi connectivity index (χ1v) is 10.5. The van der Waals surface area contributed by atoms with Crippen LogP contribution in [0, 0.1) is 0 Å². The van der Waals surface area contributed by atoms with Crippen LogP contribution in [0.25, 0.3) is 16.5 Å². The molecule has 4 rings (SSSR count). The second-order valence-corrected chi connectivity index (χ2v) is 8.03. The number of furan rings is 1. The van der Waals surface area contributed by atoms with Crippen LogP contribution in [-0.4, -0.2) is 47.7 Å². The Hall–Kier alpha value is -3.38. The van der Waals surface area contributed by atoms with Crippen molar-refractivity contribution in [3.05, 3.63) is 71.5 Å². The fourth-order valence-corrected chi connectivity index (χ4v) is 3.95. The van der Waals surface area contributed by atoms with Crippen molar-refractivity contribution in [2.24, 2.45) is 0 Å². The Kier molecular flexibility index (Phi) is 5.91. The number of hydrogen-bond donors (Lipinski definition) is 1. The van der Waals surface area contributed by atoms with Gasteiger partial charge in [0.25, 0.3) is 0 Å². The van der Waals surface area contributed by atoms with Crippen molar-refractivity contribution >= 4 is 33.9 Å². The van der Waals surface area contributed by atoms with E-state index in [1.165, 1.54) is 12.5 Å². The quantitative estimate of drug-likeness (QED) is 0.502. The summed E-state index contributed by atoms with van der Waals surface area (Å²) in [6.07, 6.45) is 1.68. The number of benzene rings is 2. The normalized spacial score (nSPS) is 15.4. The molecule has 0 radical (unpaired) electrons. The Bertz CT molecular complexity index is 1140. The molecule has 0 spiro atoms. The number of carbonyl (C=O) groups excluding carboxylic acids is 2. The van der Waals surface area contributed by atoms with Gasteiger partial charge >= 0.3 is 0 Å². The van der Waals surface area contributed by atoms with E-state index in [2.05, 4.69) is 29.2 Å². The average Bonchev–Trinajstić information content (AvgIpc) is 3.11. The minimum Gasteiger partial charge on any atom is -0.451 e. The van der Waals surface area contributed by atoms with Crippen molar-refractivity contribution < 1.29 is 14.0 Å². The third-order valence-electron chi connectivity index (χ3n) is 5.77. The topological polar surface area (TPSA) is 79.8 Å². The number of ketones is 1. The third kappa shape index (κ3) is 4.54. The SMILES string of the molecule is CC(=O)c1oc2ccc(/C(C)=C/C(=O)N3CCN(Cc4ccccc4)CC3)cc2c1N. The van der Waals surface area contributed by atoms with Crippen molar-refractivity contribution in [3.63, 3.8) is 0 Å². The van der Waals surface area contributed by atoms with E-state index in [-0.39, 0.29) is 17.5 Å². The van der Waals surface area contributed by atoms with Gasteiger partial charge in [-0.2, -0.15) is 0 Å². The molecule has 2 aromatic carbocycles. The van der Waals surface area contributed by atoms with Crippen molar-refractivity contribution in [1.29, 1.82) is 0 Å². The van der Waals surface area contributed by atoms with Crippen LogP contribution < -0.4 is 5.73 Å². The van der Waals surface area contributed by atoms with Crippen LogP contribution in [0.2, 0.25) is 0 Å². The molecule has 6 heteroatoms. The summed E-state index contributed by atoms with van der Waals surface area (Å²) < 4.78 is 5.55. The highest BCUT2D eigenvalue weighted by Crippen LogP contribution is 2.31. The predicted molar refractivity (Wildman–Crippen MR) is 123 cm³/mol. The number of piperazine rings is 1. The number of nitrogen functional groups attached to an aromatic ring is 1. The van der Waals surface area contributed by atoms with Gasteiger partial charge in [-0.05, 0) is 35.8 Å². The lowest BCUT2D eigenvalue weighted by molar-refractivity contribution is -0.127. The molecule has 0 atom stereocenters. The average molecular weight is 418 g/mol. The first-order valence-electron chi connectivity index (χ1n) is 10.5. The van der Waals surface area contributed by atoms with Gasteiger partial charge in [0.2, 0.25) is 5.91 Å². The van der Waals surface area contributed by atoms with E-state index in [0.717, 1.165) is 30.8 Å². The minimum absolute atomic E-state index is 0.0153. The van der Waals surface area contributed by atoms with Crippen LogP contribution in [0.1, 0.15) is 35.5 Å². The van der Waals surface area contributed by atoms with Crippen LogP contribution in [0.15, 0.2) is 59.0 Å². The van der Waals surface area contributed by atoms with Crippen molar-refractivity contribution in [2.75, 3.05) is 31.9 Å². The molecular formula is C25H27N3O3. The van der Waals surface area contributed by atoms with Gasteiger partial charge < -0.3 is 15.1 Å². The first kappa shape index (κ1) is 20.9. The molecule has 0 bridgehead atoms. The van der Waals surface area contributed by atoms with E-state index in [1.807, 2.05) is 30.0 Å². The lowest BCUT2D eigenvalue weighted by Gasteiger charge is -2.34. The number of nitrogens with zero attached hydrogens (tertiary/aromatic N) is 2. The van der Waals surface area contributed by atoms with Gasteiger partial charge in [-0.15, -0.1) is 0 Å². The third-order valence-corrected chi connectivity index (χ3v) is 5.77. The Balaban J connectivity index is 1.42. The summed E-state index contributed by atoms with van der Waals surface area (Å²) in [7, 11) is 0. The highest BCUT2D eigenvalue weighted by Gasteiger charge is 2.20. The number of hydrogen-bond acceptors (Lipinski definition) is 5. The molecule has 0 aliphatic carbocycles. The standard InChI is InChI=1S/C25H27N3O3/c1-17(20-8-9-22-21(15-20)24(26)25(31-22)18(2)29)14-23(30)28-12-10-27(11-13-28)16-19-6-4-3-5-7-19/h3-9,14-15H,10-13,16,26H2,1-2H3/b17-14+. The van der Waals surface area contributed by atoms with Crippen LogP contribution in [0.5, 0.6) is 0 Å². The largest absolute Gasteiger partial charge is 0.451 e. The second-order valence-electron chi connectivity index (χ2n) is 8.03. The predicted octanol–water partition coefficient (Wildman–Crippen LogP) is 3.97. The highest BCUT2D eigenvalue weighted by atomic mass is 16.3. The Labute approximate surface area is 181 Å². The highest BCUT2D eigenvalue weighted by molar-refractivity contribution is 6.06. The minimum atomic E-state index is -0.205. The van der Waals surface area contributed by atoms with E-state index < -0.39 is 0 Å². The maximum Gasteiger partial charge on any atom is 0.246 e. The molecule has 1 aromatic heterocycles. The number of nitrogens with two attached hydrogens (primary N) is 1. The lowest BCUT2D eigenvalue weighted by atomic mass is 10.0. The fraction of sp³-hybridized carbons (Fsp3) is 0.280. The molecule has 0 unspecified atom stereocenters. The van der Waals surface area contributed by atoms with Crippen LogP contribution in [0.3, 0.4) is 0 Å². The van der Waals surface area contributed by atoms with E-state index in [1.54, 1.807) is 12.1 Å². The Morgan fingerprint density at radius 1 is 1.03 bits per heavy atom. The summed E-state index contributed by atoms with van der Waals surface area (Å²) in [5.74, 6) is -0.0103. The number of amides is 1. The molecule has 6 nitrogen and oxygen atoms in total. The fourth-order valence-electron chi connectivity index (χ4n) is 3.95. The Morgan fingerprint density at radius 2 is 1.74 bits per heavy atom. The molecule has 0 saturated carbocycles. The molecule has 2 heterocycles. The van der Waals surface area contributed by atoms with E-state index in [4.69, 9.17) is 10.2 Å². The van der Waals surface area contributed by atoms with Gasteiger partial charge in [-0.3, -0.25) is 14.5 Å². The number of Topliss-reactive ketones (excluding diaryl/α,β-unsaturated/α-hetero) is 1. The van der Waals surface area contributed by atoms with Crippen LogP contribution in [0.4, 0.5) is 5.69 Å². The summed E-state index contributed by atoms with van der Waals surface area (Å²) in [6, 6.07) is 15.9. The summed E-state index contributed by atoms with van der Waals surface area (Å²) in [6.45, 7) is 7.39. The summed E-state index contributed by atoms with van der Waals surface area (Å²) >= 11 is 0. The van der Waals surface area contributed by atoms with Crippen LogP contribution in [-0.2, 0) is 11.3 Å². The van der Waals surface area contributed by atoms with Crippen molar-refractivity contribution in [1.82, 2.24) is 9.80 Å². The summed E-state index contributed by atoms with van der Waals surface area (Å²) in [4.78, 5) is 28.7. The molecule has 3 aromatic rings. The van der Waals surface area contributed by atoms with Gasteiger partial charge in [-0.25, -0.2) is 0 Å². The van der Waals surface area contributed by atoms with E-state index in [9.17, 15) is 9.59 Å². The van der Waals surface area contributed by atoms with Gasteiger partial charge in [0.15, 0.2) is 11.5 Å². The molecular weight excluding hydrogens is 390 g/mol. The smallest absolute Gasteiger partial charge is 0.246 e. The molecule has 1 aliphatic heterocycles. The summed E-state index contributed by atoms with van der Waals surface area (Å²) in [5, 5.41) is 0.692. The van der Waals surface area contributed by atoms with Crippen LogP contribution >= 0.6 is 0 Å². The Morgan fingerprint density at radius 3 is 2.42 bits per heavy atom. The number of fused-ring (bicyclic) bond motifs is 1. The zero-order valence-corrected chi connectivity index (χ0v) is 17.9. The molecule has 31 heavy (non-hydrogen) atoms. The molecule has 1 fully saturated rings. The zero-order valence-electron chi connectivity index (χ0n) is 17.9. The second kappa shape index (κ2) is 8.78. The van der Waals surface area contributed by atoms with E-state index in [0.29, 0.717) is 29.7 Å². The van der Waals surface area contributed by atoms with Gasteiger partial charge in [0.05, 0.1) is 5.69 Å². The number of anilines is 1. The maximum atomic E-state index is 12.8. The lowest BCUT2D eigenvalue weighted by Crippen LogP contribution is -2.47. The monoisotopic (exact) mass is 417 g/mol. The van der Waals surface area contributed by atoms with Gasteiger partial charge in [-0.1, -0.05) is 36.4 Å². The number of allylic oxidation sites excluding steroid dienone is 1.